The molecule has 6 heteroatoms. The van der Waals surface area contributed by atoms with Gasteiger partial charge >= 0.3 is 0 Å². The van der Waals surface area contributed by atoms with Crippen LogP contribution in [0.2, 0.25) is 10.0 Å². The first-order chi connectivity index (χ1) is 11.6. The summed E-state index contributed by atoms with van der Waals surface area (Å²) in [5, 5.41) is 5.49. The molecule has 2 aromatic carbocycles. The van der Waals surface area contributed by atoms with Crippen molar-refractivity contribution in [2.45, 2.75) is 6.54 Å². The van der Waals surface area contributed by atoms with E-state index in [2.05, 4.69) is 5.10 Å². The standard InChI is InChI=1S/C18H14Cl2N2O2/c1-24-15-4-2-3-12(9-15)17-7-8-18(23)22(21-17)11-13-5-6-14(19)10-16(13)20/h2-10H,11H2,1H3. The van der Waals surface area contributed by atoms with Gasteiger partial charge in [0.2, 0.25) is 0 Å². The molecule has 3 aromatic rings. The lowest BCUT2D eigenvalue weighted by Crippen LogP contribution is -2.23. The summed E-state index contributed by atoms with van der Waals surface area (Å²) in [6.07, 6.45) is 0. The van der Waals surface area contributed by atoms with Gasteiger partial charge in [-0.3, -0.25) is 4.79 Å². The fraction of sp³-hybridized carbons (Fsp3) is 0.111. The number of hydrogen-bond acceptors (Lipinski definition) is 3. The lowest BCUT2D eigenvalue weighted by molar-refractivity contribution is 0.415. The molecule has 1 aromatic heterocycles. The first-order valence-corrected chi connectivity index (χ1v) is 7.99. The highest BCUT2D eigenvalue weighted by atomic mass is 35.5. The van der Waals surface area contributed by atoms with Gasteiger partial charge in [-0.25, -0.2) is 4.68 Å². The van der Waals surface area contributed by atoms with Gasteiger partial charge in [-0.05, 0) is 35.9 Å². The highest BCUT2D eigenvalue weighted by molar-refractivity contribution is 6.35. The number of aromatic nitrogens is 2. The SMILES string of the molecule is COc1cccc(-c2ccc(=O)n(Cc3ccc(Cl)cc3Cl)n2)c1. The highest BCUT2D eigenvalue weighted by Gasteiger charge is 2.08. The smallest absolute Gasteiger partial charge is 0.267 e. The van der Waals surface area contributed by atoms with Crippen molar-refractivity contribution in [3.8, 4) is 17.0 Å². The summed E-state index contributed by atoms with van der Waals surface area (Å²) in [7, 11) is 1.61. The van der Waals surface area contributed by atoms with Gasteiger partial charge in [0.15, 0.2) is 0 Å². The molecule has 0 aliphatic carbocycles. The maximum absolute atomic E-state index is 12.1. The summed E-state index contributed by atoms with van der Waals surface area (Å²) in [6.45, 7) is 0.270. The van der Waals surface area contributed by atoms with Crippen LogP contribution in [0, 0.1) is 0 Å². The van der Waals surface area contributed by atoms with Gasteiger partial charge in [-0.2, -0.15) is 5.10 Å². The number of rotatable bonds is 4. The summed E-state index contributed by atoms with van der Waals surface area (Å²) in [5.41, 5.74) is 2.12. The third-order valence-electron chi connectivity index (χ3n) is 3.57. The number of ether oxygens (including phenoxy) is 1. The second-order valence-corrected chi connectivity index (χ2v) is 6.03. The first kappa shape index (κ1) is 16.6. The van der Waals surface area contributed by atoms with E-state index in [-0.39, 0.29) is 12.1 Å². The molecule has 4 nitrogen and oxygen atoms in total. The number of methoxy groups -OCH3 is 1. The van der Waals surface area contributed by atoms with Crippen LogP contribution in [0.5, 0.6) is 5.75 Å². The maximum Gasteiger partial charge on any atom is 0.267 e. The Morgan fingerprint density at radius 3 is 2.67 bits per heavy atom. The van der Waals surface area contributed by atoms with Crippen LogP contribution in [0.3, 0.4) is 0 Å². The molecule has 0 atom stereocenters. The summed E-state index contributed by atoms with van der Waals surface area (Å²) < 4.78 is 6.61. The van der Waals surface area contributed by atoms with E-state index in [1.807, 2.05) is 24.3 Å². The summed E-state index contributed by atoms with van der Waals surface area (Å²) in [4.78, 5) is 12.1. The molecule has 122 valence electrons. The van der Waals surface area contributed by atoms with Gasteiger partial charge in [0.1, 0.15) is 5.75 Å². The molecule has 24 heavy (non-hydrogen) atoms. The van der Waals surface area contributed by atoms with E-state index in [0.29, 0.717) is 15.7 Å². The summed E-state index contributed by atoms with van der Waals surface area (Å²) in [6, 6.07) is 15.9. The molecule has 0 saturated heterocycles. The van der Waals surface area contributed by atoms with Crippen molar-refractivity contribution in [2.24, 2.45) is 0 Å². The Labute approximate surface area is 149 Å². The molecule has 0 aliphatic heterocycles. The van der Waals surface area contributed by atoms with Crippen LogP contribution in [0.15, 0.2) is 59.4 Å². The van der Waals surface area contributed by atoms with Crippen LogP contribution < -0.4 is 10.3 Å². The molecule has 0 spiro atoms. The average Bonchev–Trinajstić information content (AvgIpc) is 2.59. The van der Waals surface area contributed by atoms with Crippen molar-refractivity contribution < 1.29 is 4.74 Å². The van der Waals surface area contributed by atoms with E-state index in [1.54, 1.807) is 31.4 Å². The molecule has 0 fully saturated rings. The highest BCUT2D eigenvalue weighted by Crippen LogP contribution is 2.23. The van der Waals surface area contributed by atoms with E-state index >= 15 is 0 Å². The Hall–Kier alpha value is -2.30. The normalized spacial score (nSPS) is 10.6. The minimum atomic E-state index is -0.201. The van der Waals surface area contributed by atoms with Crippen LogP contribution in [0.25, 0.3) is 11.3 Å². The second-order valence-electron chi connectivity index (χ2n) is 5.18. The predicted octanol–water partition coefficient (Wildman–Crippen LogP) is 4.27. The van der Waals surface area contributed by atoms with E-state index in [0.717, 1.165) is 16.9 Å². The molecule has 0 amide bonds. The summed E-state index contributed by atoms with van der Waals surface area (Å²) >= 11 is 12.1. The van der Waals surface area contributed by atoms with Crippen LogP contribution in [-0.2, 0) is 6.54 Å². The van der Waals surface area contributed by atoms with Crippen molar-refractivity contribution >= 4 is 23.2 Å². The molecule has 0 radical (unpaired) electrons. The quantitative estimate of drug-likeness (QED) is 0.697. The fourth-order valence-electron chi connectivity index (χ4n) is 2.31. The number of halogens is 2. The maximum atomic E-state index is 12.1. The van der Waals surface area contributed by atoms with Gasteiger partial charge in [0, 0.05) is 21.7 Å². The average molecular weight is 361 g/mol. The van der Waals surface area contributed by atoms with Gasteiger partial charge < -0.3 is 4.74 Å². The Balaban J connectivity index is 1.98. The molecule has 0 saturated carbocycles. The molecule has 0 bridgehead atoms. The number of hydrogen-bond donors (Lipinski definition) is 0. The van der Waals surface area contributed by atoms with E-state index < -0.39 is 0 Å². The van der Waals surface area contributed by atoms with Gasteiger partial charge in [-0.1, -0.05) is 41.4 Å². The van der Waals surface area contributed by atoms with Crippen molar-refractivity contribution in [3.63, 3.8) is 0 Å². The van der Waals surface area contributed by atoms with Crippen molar-refractivity contribution in [1.82, 2.24) is 9.78 Å². The lowest BCUT2D eigenvalue weighted by Gasteiger charge is -2.09. The Morgan fingerprint density at radius 1 is 1.08 bits per heavy atom. The molecule has 0 aliphatic rings. The van der Waals surface area contributed by atoms with Crippen molar-refractivity contribution in [1.29, 1.82) is 0 Å². The van der Waals surface area contributed by atoms with Crippen LogP contribution in [0.1, 0.15) is 5.56 Å². The topological polar surface area (TPSA) is 44.1 Å². The summed E-state index contributed by atoms with van der Waals surface area (Å²) in [5.74, 6) is 0.729. The minimum Gasteiger partial charge on any atom is -0.497 e. The van der Waals surface area contributed by atoms with Crippen LogP contribution in [0.4, 0.5) is 0 Å². The third kappa shape index (κ3) is 3.61. The molecule has 1 heterocycles. The lowest BCUT2D eigenvalue weighted by atomic mass is 10.1. The van der Waals surface area contributed by atoms with E-state index in [9.17, 15) is 4.79 Å². The van der Waals surface area contributed by atoms with Crippen molar-refractivity contribution in [2.75, 3.05) is 7.11 Å². The second kappa shape index (κ2) is 7.07. The van der Waals surface area contributed by atoms with Crippen LogP contribution >= 0.6 is 23.2 Å². The zero-order chi connectivity index (χ0) is 17.1. The first-order valence-electron chi connectivity index (χ1n) is 7.23. The monoisotopic (exact) mass is 360 g/mol. The van der Waals surface area contributed by atoms with E-state index in [4.69, 9.17) is 27.9 Å². The Kier molecular flexibility index (Phi) is 4.88. The van der Waals surface area contributed by atoms with Gasteiger partial charge in [0.05, 0.1) is 19.3 Å². The largest absolute Gasteiger partial charge is 0.497 e. The minimum absolute atomic E-state index is 0.201. The van der Waals surface area contributed by atoms with E-state index in [1.165, 1.54) is 10.7 Å². The molecule has 0 unspecified atom stereocenters. The number of benzene rings is 2. The fourth-order valence-corrected chi connectivity index (χ4v) is 2.78. The van der Waals surface area contributed by atoms with Crippen LogP contribution in [-0.4, -0.2) is 16.9 Å². The molecule has 3 rings (SSSR count). The Morgan fingerprint density at radius 2 is 1.92 bits per heavy atom. The zero-order valence-electron chi connectivity index (χ0n) is 12.9. The zero-order valence-corrected chi connectivity index (χ0v) is 14.4. The predicted molar refractivity (Wildman–Crippen MR) is 96.0 cm³/mol. The molecular formula is C18H14Cl2N2O2. The number of nitrogens with zero attached hydrogens (tertiary/aromatic N) is 2. The van der Waals surface area contributed by atoms with Gasteiger partial charge in [0.25, 0.3) is 5.56 Å². The molecule has 0 N–H and O–H groups in total. The molecular weight excluding hydrogens is 347 g/mol. The Bertz CT molecular complexity index is 938. The van der Waals surface area contributed by atoms with Crippen molar-refractivity contribution in [3.05, 3.63) is 80.6 Å². The van der Waals surface area contributed by atoms with Gasteiger partial charge in [-0.15, -0.1) is 0 Å². The third-order valence-corrected chi connectivity index (χ3v) is 4.15.